The quantitative estimate of drug-likeness (QED) is 0.478. The molecule has 0 spiro atoms. The van der Waals surface area contributed by atoms with Gasteiger partial charge in [-0.15, -0.1) is 11.8 Å². The van der Waals surface area contributed by atoms with Crippen LogP contribution in [0.15, 0.2) is 27.6 Å². The van der Waals surface area contributed by atoms with E-state index in [9.17, 15) is 0 Å². The summed E-state index contributed by atoms with van der Waals surface area (Å²) in [6.45, 7) is 2.03. The largest absolute Gasteiger partial charge is 0.399 e. The van der Waals surface area contributed by atoms with Crippen molar-refractivity contribution in [2.24, 2.45) is 0 Å². The minimum atomic E-state index is 0.649. The zero-order valence-corrected chi connectivity index (χ0v) is 11.6. The lowest BCUT2D eigenvalue weighted by atomic mass is 10.3. The minimum Gasteiger partial charge on any atom is -0.399 e. The number of nitrogens with two attached hydrogens (primary N) is 1. The van der Waals surface area contributed by atoms with Gasteiger partial charge in [-0.2, -0.15) is 0 Å². The van der Waals surface area contributed by atoms with Crippen LogP contribution in [0.25, 0.3) is 0 Å². The van der Waals surface area contributed by atoms with Gasteiger partial charge in [0, 0.05) is 27.9 Å². The number of halogens is 1. The summed E-state index contributed by atoms with van der Waals surface area (Å²) in [7, 11) is 1.67. The molecule has 0 radical (unpaired) electrons. The lowest BCUT2D eigenvalue weighted by Crippen LogP contribution is -2.04. The third-order valence-corrected chi connectivity index (χ3v) is 3.83. The fourth-order valence-electron chi connectivity index (χ4n) is 1.09. The third-order valence-electron chi connectivity index (χ3n) is 1.87. The Balaban J connectivity index is 2.21. The Labute approximate surface area is 109 Å². The van der Waals surface area contributed by atoms with Crippen LogP contribution in [0, 0.1) is 0 Å². The standard InChI is InChI=1S/C11H16BrNO2S/c1-14-4-5-15-6-7-16-11-3-2-9(13)8-10(11)12/h2-3,8H,4-7,13H2,1H3. The Kier molecular flexibility index (Phi) is 6.87. The highest BCUT2D eigenvalue weighted by atomic mass is 79.9. The fourth-order valence-corrected chi connectivity index (χ4v) is 2.61. The van der Waals surface area contributed by atoms with Crippen LogP contribution < -0.4 is 5.73 Å². The zero-order valence-electron chi connectivity index (χ0n) is 9.24. The van der Waals surface area contributed by atoms with Crippen molar-refractivity contribution in [3.8, 4) is 0 Å². The molecule has 0 aliphatic heterocycles. The molecule has 1 aromatic rings. The lowest BCUT2D eigenvalue weighted by Gasteiger charge is -2.06. The summed E-state index contributed by atoms with van der Waals surface area (Å²) in [5.74, 6) is 0.923. The van der Waals surface area contributed by atoms with Crippen molar-refractivity contribution in [1.29, 1.82) is 0 Å². The normalized spacial score (nSPS) is 10.6. The van der Waals surface area contributed by atoms with E-state index in [1.165, 1.54) is 4.90 Å². The van der Waals surface area contributed by atoms with Crippen LogP contribution in [0.2, 0.25) is 0 Å². The minimum absolute atomic E-state index is 0.649. The molecule has 0 saturated heterocycles. The van der Waals surface area contributed by atoms with Crippen LogP contribution in [-0.4, -0.2) is 32.7 Å². The van der Waals surface area contributed by atoms with E-state index in [0.29, 0.717) is 13.2 Å². The van der Waals surface area contributed by atoms with Gasteiger partial charge in [-0.3, -0.25) is 0 Å². The van der Waals surface area contributed by atoms with Gasteiger partial charge < -0.3 is 15.2 Å². The van der Waals surface area contributed by atoms with E-state index in [4.69, 9.17) is 15.2 Å². The fraction of sp³-hybridized carbons (Fsp3) is 0.455. The van der Waals surface area contributed by atoms with Gasteiger partial charge in [-0.25, -0.2) is 0 Å². The zero-order chi connectivity index (χ0) is 11.8. The van der Waals surface area contributed by atoms with E-state index in [0.717, 1.165) is 22.5 Å². The summed E-state index contributed by atoms with van der Waals surface area (Å²) < 4.78 is 11.3. The van der Waals surface area contributed by atoms with Crippen molar-refractivity contribution in [2.45, 2.75) is 4.90 Å². The first-order valence-corrected chi connectivity index (χ1v) is 6.76. The van der Waals surface area contributed by atoms with Crippen LogP contribution in [0.4, 0.5) is 5.69 Å². The second kappa shape index (κ2) is 7.95. The molecule has 0 saturated carbocycles. The molecular weight excluding hydrogens is 290 g/mol. The molecule has 3 nitrogen and oxygen atoms in total. The number of thioether (sulfide) groups is 1. The van der Waals surface area contributed by atoms with Crippen molar-refractivity contribution in [2.75, 3.05) is 38.4 Å². The second-order valence-electron chi connectivity index (χ2n) is 3.14. The Hall–Kier alpha value is -0.230. The molecule has 0 atom stereocenters. The monoisotopic (exact) mass is 305 g/mol. The van der Waals surface area contributed by atoms with Crippen LogP contribution in [0.3, 0.4) is 0 Å². The van der Waals surface area contributed by atoms with Gasteiger partial charge >= 0.3 is 0 Å². The number of rotatable bonds is 7. The third kappa shape index (κ3) is 5.21. The Morgan fingerprint density at radius 3 is 2.81 bits per heavy atom. The molecule has 5 heteroatoms. The van der Waals surface area contributed by atoms with E-state index in [2.05, 4.69) is 15.9 Å². The van der Waals surface area contributed by atoms with Crippen LogP contribution in [0.1, 0.15) is 0 Å². The molecule has 0 aliphatic rings. The average molecular weight is 306 g/mol. The highest BCUT2D eigenvalue weighted by molar-refractivity contribution is 9.10. The van der Waals surface area contributed by atoms with Gasteiger partial charge in [0.05, 0.1) is 19.8 Å². The van der Waals surface area contributed by atoms with Crippen molar-refractivity contribution < 1.29 is 9.47 Å². The molecule has 0 heterocycles. The first-order chi connectivity index (χ1) is 7.74. The maximum Gasteiger partial charge on any atom is 0.0700 e. The van der Waals surface area contributed by atoms with Gasteiger partial charge in [-0.05, 0) is 34.1 Å². The number of nitrogen functional groups attached to an aromatic ring is 1. The molecule has 0 fully saturated rings. The average Bonchev–Trinajstić information content (AvgIpc) is 2.26. The summed E-state index contributed by atoms with van der Waals surface area (Å²) in [5, 5.41) is 0. The van der Waals surface area contributed by atoms with Gasteiger partial charge in [0.25, 0.3) is 0 Å². The number of benzene rings is 1. The molecule has 0 aliphatic carbocycles. The molecule has 1 aromatic carbocycles. The Bertz CT molecular complexity index is 323. The topological polar surface area (TPSA) is 44.5 Å². The van der Waals surface area contributed by atoms with E-state index in [1.54, 1.807) is 18.9 Å². The number of anilines is 1. The van der Waals surface area contributed by atoms with Crippen LogP contribution in [0.5, 0.6) is 0 Å². The van der Waals surface area contributed by atoms with Crippen molar-refractivity contribution in [3.05, 3.63) is 22.7 Å². The van der Waals surface area contributed by atoms with Gasteiger partial charge in [0.15, 0.2) is 0 Å². The summed E-state index contributed by atoms with van der Waals surface area (Å²) in [5.41, 5.74) is 6.43. The maximum atomic E-state index is 5.66. The summed E-state index contributed by atoms with van der Waals surface area (Å²) in [4.78, 5) is 1.18. The highest BCUT2D eigenvalue weighted by Gasteiger charge is 2.00. The molecule has 16 heavy (non-hydrogen) atoms. The molecule has 0 aromatic heterocycles. The van der Waals surface area contributed by atoms with Crippen molar-refractivity contribution >= 4 is 33.4 Å². The first-order valence-electron chi connectivity index (χ1n) is 4.98. The number of hydrogen-bond donors (Lipinski definition) is 1. The summed E-state index contributed by atoms with van der Waals surface area (Å²) >= 11 is 5.23. The second-order valence-corrected chi connectivity index (χ2v) is 5.13. The number of ether oxygens (including phenoxy) is 2. The van der Waals surface area contributed by atoms with Gasteiger partial charge in [-0.1, -0.05) is 0 Å². The molecule has 2 N–H and O–H groups in total. The van der Waals surface area contributed by atoms with E-state index >= 15 is 0 Å². The predicted octanol–water partition coefficient (Wildman–Crippen LogP) is 2.79. The Morgan fingerprint density at radius 2 is 2.12 bits per heavy atom. The predicted molar refractivity (Wildman–Crippen MR) is 72.0 cm³/mol. The number of hydrogen-bond acceptors (Lipinski definition) is 4. The molecule has 1 rings (SSSR count). The molecule has 0 amide bonds. The smallest absolute Gasteiger partial charge is 0.0700 e. The van der Waals surface area contributed by atoms with Crippen LogP contribution in [-0.2, 0) is 9.47 Å². The molecule has 90 valence electrons. The van der Waals surface area contributed by atoms with Gasteiger partial charge in [0.1, 0.15) is 0 Å². The number of methoxy groups -OCH3 is 1. The van der Waals surface area contributed by atoms with E-state index < -0.39 is 0 Å². The van der Waals surface area contributed by atoms with Gasteiger partial charge in [0.2, 0.25) is 0 Å². The van der Waals surface area contributed by atoms with Crippen LogP contribution >= 0.6 is 27.7 Å². The molecule has 0 unspecified atom stereocenters. The maximum absolute atomic E-state index is 5.66. The summed E-state index contributed by atoms with van der Waals surface area (Å²) in [6, 6.07) is 5.83. The van der Waals surface area contributed by atoms with E-state index in [-0.39, 0.29) is 0 Å². The molecular formula is C11H16BrNO2S. The Morgan fingerprint density at radius 1 is 1.31 bits per heavy atom. The lowest BCUT2D eigenvalue weighted by molar-refractivity contribution is 0.0790. The SMILES string of the molecule is COCCOCCSc1ccc(N)cc1Br. The highest BCUT2D eigenvalue weighted by Crippen LogP contribution is 2.28. The summed E-state index contributed by atoms with van der Waals surface area (Å²) in [6.07, 6.45) is 0. The van der Waals surface area contributed by atoms with Crippen molar-refractivity contribution in [3.63, 3.8) is 0 Å². The van der Waals surface area contributed by atoms with E-state index in [1.807, 2.05) is 18.2 Å². The first kappa shape index (κ1) is 13.8. The van der Waals surface area contributed by atoms with Crippen molar-refractivity contribution in [1.82, 2.24) is 0 Å². The molecule has 0 bridgehead atoms.